The molecule has 0 fully saturated rings. The van der Waals surface area contributed by atoms with Gasteiger partial charge in [0.05, 0.1) is 12.8 Å². The number of carbonyl (C=O) groups is 2. The summed E-state index contributed by atoms with van der Waals surface area (Å²) in [6, 6.07) is 11.6. The Morgan fingerprint density at radius 3 is 2.50 bits per heavy atom. The first-order valence-electron chi connectivity index (χ1n) is 8.89. The molecule has 2 aromatic carbocycles. The summed E-state index contributed by atoms with van der Waals surface area (Å²) in [6.45, 7) is 1.32. The van der Waals surface area contributed by atoms with E-state index < -0.39 is 17.3 Å². The molecule has 0 amide bonds. The highest BCUT2D eigenvalue weighted by Crippen LogP contribution is 2.10. The average Bonchev–Trinajstić information content (AvgIpc) is 3.03. The molecule has 154 valence electrons. The molecule has 3 aromatic rings. The zero-order valence-corrected chi connectivity index (χ0v) is 16.6. The number of nitrogens with one attached hydrogen (secondary N) is 1. The maximum atomic E-state index is 13.0. The number of carbonyl (C=O) groups excluding carboxylic acids is 2. The first-order chi connectivity index (χ1) is 14.4. The number of esters is 1. The van der Waals surface area contributed by atoms with Gasteiger partial charge in [-0.15, -0.1) is 4.68 Å². The molecule has 3 rings (SSSR count). The molecule has 10 heteroatoms. The van der Waals surface area contributed by atoms with Crippen molar-refractivity contribution in [2.45, 2.75) is 13.5 Å². The van der Waals surface area contributed by atoms with E-state index in [1.807, 2.05) is 0 Å². The third-order valence-corrected chi connectivity index (χ3v) is 4.26. The molecule has 0 atom stereocenters. The lowest BCUT2D eigenvalue weighted by Gasteiger charge is -2.01. The number of ether oxygens (including phenoxy) is 1. The van der Waals surface area contributed by atoms with Gasteiger partial charge in [0.15, 0.2) is 6.54 Å². The Kier molecular flexibility index (Phi) is 6.53. The van der Waals surface area contributed by atoms with E-state index in [-0.39, 0.29) is 24.6 Å². The van der Waals surface area contributed by atoms with Crippen LogP contribution in [0.4, 0.5) is 4.39 Å². The van der Waals surface area contributed by atoms with Crippen LogP contribution in [-0.2, 0) is 11.3 Å². The lowest BCUT2D eigenvalue weighted by molar-refractivity contribution is -0.744. The van der Waals surface area contributed by atoms with Crippen LogP contribution >= 0.6 is 11.6 Å². The second-order valence-electron chi connectivity index (χ2n) is 6.10. The second kappa shape index (κ2) is 9.27. The lowest BCUT2D eigenvalue weighted by atomic mass is 10.1. The van der Waals surface area contributed by atoms with Crippen molar-refractivity contribution in [3.05, 3.63) is 86.5 Å². The summed E-state index contributed by atoms with van der Waals surface area (Å²) in [4.78, 5) is 38.3. The molecule has 0 aliphatic carbocycles. The van der Waals surface area contributed by atoms with Gasteiger partial charge < -0.3 is 4.74 Å². The summed E-state index contributed by atoms with van der Waals surface area (Å²) < 4.78 is 19.0. The monoisotopic (exact) mass is 431 g/mol. The first kappa shape index (κ1) is 21.1. The Bertz CT molecular complexity index is 1150. The van der Waals surface area contributed by atoms with Gasteiger partial charge in [-0.25, -0.2) is 14.0 Å². The van der Waals surface area contributed by atoms with Gasteiger partial charge in [0.2, 0.25) is 5.78 Å². The largest absolute Gasteiger partial charge is 0.459 e. The number of halogens is 2. The van der Waals surface area contributed by atoms with Gasteiger partial charge in [-0.1, -0.05) is 34.0 Å². The second-order valence-corrected chi connectivity index (χ2v) is 6.53. The molecule has 1 N–H and O–H groups in total. The normalized spacial score (nSPS) is 11.0. The van der Waals surface area contributed by atoms with Crippen LogP contribution in [0.25, 0.3) is 0 Å². The Balaban J connectivity index is 1.94. The fourth-order valence-corrected chi connectivity index (χ4v) is 2.69. The number of rotatable bonds is 7. The quantitative estimate of drug-likeness (QED) is 0.268. The highest BCUT2D eigenvalue weighted by atomic mass is 35.5. The Hall–Kier alpha value is -3.59. The molecule has 0 spiro atoms. The van der Waals surface area contributed by atoms with Crippen LogP contribution in [0.3, 0.4) is 0 Å². The zero-order chi connectivity index (χ0) is 21.7. The maximum absolute atomic E-state index is 13.0. The van der Waals surface area contributed by atoms with Crippen LogP contribution in [0.1, 0.15) is 33.3 Å². The smallest absolute Gasteiger partial charge is 0.434 e. The molecule has 0 radical (unpaired) electrons. The van der Waals surface area contributed by atoms with E-state index in [9.17, 15) is 18.8 Å². The minimum Gasteiger partial charge on any atom is -0.459 e. The molecule has 0 saturated heterocycles. The fourth-order valence-electron chi connectivity index (χ4n) is 2.56. The van der Waals surface area contributed by atoms with Crippen LogP contribution in [0.5, 0.6) is 0 Å². The summed E-state index contributed by atoms with van der Waals surface area (Å²) in [5.74, 6) is -1.66. The highest BCUT2D eigenvalue weighted by Gasteiger charge is 2.31. The number of ketones is 1. The van der Waals surface area contributed by atoms with E-state index in [2.05, 4.69) is 10.3 Å². The van der Waals surface area contributed by atoms with E-state index in [0.717, 1.165) is 9.47 Å². The van der Waals surface area contributed by atoms with E-state index in [1.54, 1.807) is 19.1 Å². The Morgan fingerprint density at radius 1 is 1.20 bits per heavy atom. The van der Waals surface area contributed by atoms with Crippen LogP contribution in [0, 0.1) is 5.82 Å². The first-order valence-corrected chi connectivity index (χ1v) is 9.27. The number of aromatic nitrogens is 3. The van der Waals surface area contributed by atoms with Crippen LogP contribution in [0.15, 0.2) is 58.4 Å². The topological polar surface area (TPSA) is 97.4 Å². The maximum Gasteiger partial charge on any atom is 0.434 e. The van der Waals surface area contributed by atoms with E-state index in [4.69, 9.17) is 16.3 Å². The van der Waals surface area contributed by atoms with Crippen molar-refractivity contribution >= 4 is 29.6 Å². The van der Waals surface area contributed by atoms with Crippen molar-refractivity contribution in [1.29, 1.82) is 0 Å². The predicted octanol–water partition coefficient (Wildman–Crippen LogP) is 2.20. The van der Waals surface area contributed by atoms with Gasteiger partial charge in [0, 0.05) is 15.4 Å². The molecule has 0 bridgehead atoms. The molecule has 1 aromatic heterocycles. The number of Topliss-reactive ketones (excluding diaryl/α,β-unsaturated/α-hetero) is 1. The minimum absolute atomic E-state index is 0.0490. The Morgan fingerprint density at radius 2 is 1.87 bits per heavy atom. The van der Waals surface area contributed by atoms with Gasteiger partial charge in [-0.2, -0.15) is 0 Å². The van der Waals surface area contributed by atoms with Gasteiger partial charge in [-0.3, -0.25) is 4.79 Å². The standard InChI is InChI=1S/C20H16ClFN4O4/c1-2-30-20(29)18-19(28)26(23-11-13-3-9-16(22)10-4-13)24-25(18)12-17(27)14-5-7-15(21)8-6-14/h3-11H,2,12H2,1H3/p+1/b23-11+. The van der Waals surface area contributed by atoms with Gasteiger partial charge in [0.25, 0.3) is 0 Å². The van der Waals surface area contributed by atoms with Gasteiger partial charge >= 0.3 is 17.2 Å². The SMILES string of the molecule is CCOC(=O)c1c(=O)n(/N=C/c2ccc(F)cc2)[nH][n+]1CC(=O)c1ccc(Cl)cc1. The molecule has 1 heterocycles. The number of nitrogens with zero attached hydrogens (tertiary/aromatic N) is 3. The molecule has 8 nitrogen and oxygen atoms in total. The number of hydrogen-bond acceptors (Lipinski definition) is 5. The summed E-state index contributed by atoms with van der Waals surface area (Å²) in [7, 11) is 0. The van der Waals surface area contributed by atoms with Crippen molar-refractivity contribution in [2.24, 2.45) is 5.10 Å². The third kappa shape index (κ3) is 4.87. The molecule has 0 aliphatic rings. The molecular weight excluding hydrogens is 415 g/mol. The van der Waals surface area contributed by atoms with Gasteiger partial charge in [0.1, 0.15) is 5.82 Å². The molecule has 30 heavy (non-hydrogen) atoms. The van der Waals surface area contributed by atoms with Gasteiger partial charge in [-0.05, 0) is 48.9 Å². The zero-order valence-electron chi connectivity index (χ0n) is 15.8. The summed E-state index contributed by atoms with van der Waals surface area (Å²) in [5.41, 5.74) is -0.296. The number of H-pyrrole nitrogens is 1. The average molecular weight is 432 g/mol. The fraction of sp³-hybridized carbons (Fsp3) is 0.150. The number of hydrogen-bond donors (Lipinski definition) is 1. The molecular formula is C20H17ClFN4O4+. The number of benzene rings is 2. The molecule has 0 aliphatic heterocycles. The van der Waals surface area contributed by atoms with E-state index in [1.165, 1.54) is 42.6 Å². The highest BCUT2D eigenvalue weighted by molar-refractivity contribution is 6.30. The number of aromatic amines is 1. The van der Waals surface area contributed by atoms with Crippen molar-refractivity contribution < 1.29 is 23.4 Å². The third-order valence-electron chi connectivity index (χ3n) is 4.01. The van der Waals surface area contributed by atoms with Crippen molar-refractivity contribution in [2.75, 3.05) is 6.61 Å². The Labute approximate surface area is 175 Å². The van der Waals surface area contributed by atoms with Crippen molar-refractivity contribution in [3.63, 3.8) is 0 Å². The summed E-state index contributed by atoms with van der Waals surface area (Å²) in [5, 5.41) is 7.02. The summed E-state index contributed by atoms with van der Waals surface area (Å²) in [6.07, 6.45) is 1.30. The van der Waals surface area contributed by atoms with E-state index in [0.29, 0.717) is 16.1 Å². The van der Waals surface area contributed by atoms with Crippen LogP contribution < -0.4 is 10.2 Å². The molecule has 0 saturated carbocycles. The lowest BCUT2D eigenvalue weighted by Crippen LogP contribution is -2.46. The summed E-state index contributed by atoms with van der Waals surface area (Å²) >= 11 is 5.83. The minimum atomic E-state index is -0.890. The van der Waals surface area contributed by atoms with Crippen molar-refractivity contribution in [1.82, 2.24) is 10.0 Å². The van der Waals surface area contributed by atoms with Crippen LogP contribution in [-0.4, -0.2) is 34.6 Å². The van der Waals surface area contributed by atoms with Crippen LogP contribution in [0.2, 0.25) is 5.02 Å². The van der Waals surface area contributed by atoms with E-state index >= 15 is 0 Å². The molecule has 0 unspecified atom stereocenters. The van der Waals surface area contributed by atoms with Crippen molar-refractivity contribution in [3.8, 4) is 0 Å². The predicted molar refractivity (Wildman–Crippen MR) is 106 cm³/mol.